The molecule has 0 bridgehead atoms. The average molecular weight is 272 g/mol. The molecular formula is C17H24N2O. The summed E-state index contributed by atoms with van der Waals surface area (Å²) in [6.07, 6.45) is 4.05. The van der Waals surface area contributed by atoms with Gasteiger partial charge in [-0.15, -0.1) is 0 Å². The molecule has 1 saturated carbocycles. The van der Waals surface area contributed by atoms with E-state index in [0.717, 1.165) is 38.8 Å². The van der Waals surface area contributed by atoms with Gasteiger partial charge in [-0.1, -0.05) is 31.2 Å². The minimum absolute atomic E-state index is 0.265. The summed E-state index contributed by atoms with van der Waals surface area (Å²) in [4.78, 5) is 14.9. The molecule has 0 saturated heterocycles. The SMILES string of the molecule is CC1CC(CN)(C(=O)N2CCCc3ccccc3C2)C1. The maximum atomic E-state index is 12.9. The number of nitrogens with two attached hydrogens (primary N) is 1. The fourth-order valence-electron chi connectivity index (χ4n) is 3.91. The Hall–Kier alpha value is -1.35. The van der Waals surface area contributed by atoms with Crippen LogP contribution in [-0.4, -0.2) is 23.9 Å². The molecule has 0 radical (unpaired) electrons. The Labute approximate surface area is 121 Å². The monoisotopic (exact) mass is 272 g/mol. The first-order chi connectivity index (χ1) is 9.64. The quantitative estimate of drug-likeness (QED) is 0.898. The largest absolute Gasteiger partial charge is 0.338 e. The van der Waals surface area contributed by atoms with Gasteiger partial charge in [0.05, 0.1) is 5.41 Å². The van der Waals surface area contributed by atoms with Crippen LogP contribution < -0.4 is 5.73 Å². The van der Waals surface area contributed by atoms with Crippen molar-refractivity contribution in [3.05, 3.63) is 35.4 Å². The van der Waals surface area contributed by atoms with Gasteiger partial charge in [0, 0.05) is 19.6 Å². The third kappa shape index (κ3) is 2.24. The van der Waals surface area contributed by atoms with Crippen LogP contribution in [0.2, 0.25) is 0 Å². The van der Waals surface area contributed by atoms with E-state index >= 15 is 0 Å². The van der Waals surface area contributed by atoms with E-state index in [9.17, 15) is 4.79 Å². The molecule has 1 heterocycles. The molecule has 0 spiro atoms. The second-order valence-electron chi connectivity index (χ2n) is 6.60. The molecular weight excluding hydrogens is 248 g/mol. The lowest BCUT2D eigenvalue weighted by atomic mass is 9.62. The van der Waals surface area contributed by atoms with E-state index in [2.05, 4.69) is 31.2 Å². The summed E-state index contributed by atoms with van der Waals surface area (Å²) in [6, 6.07) is 8.50. The lowest BCUT2D eigenvalue weighted by Gasteiger charge is -2.46. The molecule has 2 N–H and O–H groups in total. The van der Waals surface area contributed by atoms with Crippen LogP contribution in [0.3, 0.4) is 0 Å². The van der Waals surface area contributed by atoms with Gasteiger partial charge >= 0.3 is 0 Å². The second-order valence-corrected chi connectivity index (χ2v) is 6.60. The van der Waals surface area contributed by atoms with E-state index < -0.39 is 0 Å². The van der Waals surface area contributed by atoms with Crippen LogP contribution in [0.25, 0.3) is 0 Å². The van der Waals surface area contributed by atoms with Crippen molar-refractivity contribution in [2.45, 2.75) is 39.2 Å². The molecule has 2 aliphatic rings. The number of hydrogen-bond acceptors (Lipinski definition) is 2. The predicted octanol–water partition coefficient (Wildman–Crippen LogP) is 2.34. The van der Waals surface area contributed by atoms with Crippen LogP contribution in [0, 0.1) is 11.3 Å². The van der Waals surface area contributed by atoms with Gasteiger partial charge in [0.15, 0.2) is 0 Å². The van der Waals surface area contributed by atoms with E-state index in [4.69, 9.17) is 5.73 Å². The van der Waals surface area contributed by atoms with Gasteiger partial charge in [-0.25, -0.2) is 0 Å². The first-order valence-electron chi connectivity index (χ1n) is 7.71. The summed E-state index contributed by atoms with van der Waals surface area (Å²) in [5.74, 6) is 0.927. The van der Waals surface area contributed by atoms with Gasteiger partial charge in [-0.3, -0.25) is 4.79 Å². The van der Waals surface area contributed by atoms with Crippen LogP contribution in [0.15, 0.2) is 24.3 Å². The normalized spacial score (nSPS) is 29.3. The molecule has 1 amide bonds. The third-order valence-corrected chi connectivity index (χ3v) is 4.96. The van der Waals surface area contributed by atoms with Gasteiger partial charge in [-0.05, 0) is 42.7 Å². The van der Waals surface area contributed by atoms with Gasteiger partial charge in [0.1, 0.15) is 0 Å². The summed E-state index contributed by atoms with van der Waals surface area (Å²) in [5, 5.41) is 0. The standard InChI is InChI=1S/C17H24N2O/c1-13-9-17(10-13,12-18)16(20)19-8-4-7-14-5-2-3-6-15(14)11-19/h2-3,5-6,13H,4,7-12,18H2,1H3. The number of fused-ring (bicyclic) bond motifs is 1. The number of carbonyl (C=O) groups excluding carboxylic acids is 1. The summed E-state index contributed by atoms with van der Waals surface area (Å²) < 4.78 is 0. The molecule has 3 heteroatoms. The van der Waals surface area contributed by atoms with Crippen LogP contribution in [0.4, 0.5) is 0 Å². The molecule has 1 aliphatic carbocycles. The summed E-state index contributed by atoms with van der Waals surface area (Å²) in [5.41, 5.74) is 8.36. The van der Waals surface area contributed by atoms with Gasteiger partial charge in [-0.2, -0.15) is 0 Å². The number of rotatable bonds is 2. The van der Waals surface area contributed by atoms with E-state index in [1.54, 1.807) is 0 Å². The molecule has 108 valence electrons. The number of amides is 1. The van der Waals surface area contributed by atoms with Crippen LogP contribution in [-0.2, 0) is 17.8 Å². The lowest BCUT2D eigenvalue weighted by molar-refractivity contribution is -0.150. The summed E-state index contributed by atoms with van der Waals surface area (Å²) >= 11 is 0. The van der Waals surface area contributed by atoms with Crippen molar-refractivity contribution < 1.29 is 4.79 Å². The van der Waals surface area contributed by atoms with Gasteiger partial charge < -0.3 is 10.6 Å². The highest BCUT2D eigenvalue weighted by Gasteiger charge is 2.48. The number of nitrogens with zero attached hydrogens (tertiary/aromatic N) is 1. The molecule has 20 heavy (non-hydrogen) atoms. The Kier molecular flexibility index (Phi) is 3.55. The molecule has 3 nitrogen and oxygen atoms in total. The number of benzene rings is 1. The smallest absolute Gasteiger partial charge is 0.230 e. The molecule has 0 aromatic heterocycles. The van der Waals surface area contributed by atoms with Gasteiger partial charge in [0.25, 0.3) is 0 Å². The fraction of sp³-hybridized carbons (Fsp3) is 0.588. The fourth-order valence-corrected chi connectivity index (χ4v) is 3.91. The molecule has 1 aliphatic heterocycles. The Morgan fingerprint density at radius 3 is 2.70 bits per heavy atom. The van der Waals surface area contributed by atoms with Crippen LogP contribution in [0.5, 0.6) is 0 Å². The van der Waals surface area contributed by atoms with Crippen molar-refractivity contribution in [1.29, 1.82) is 0 Å². The van der Waals surface area contributed by atoms with E-state index in [0.29, 0.717) is 12.5 Å². The molecule has 3 rings (SSSR count). The number of hydrogen-bond donors (Lipinski definition) is 1. The Morgan fingerprint density at radius 1 is 1.35 bits per heavy atom. The minimum atomic E-state index is -0.265. The zero-order chi connectivity index (χ0) is 14.2. The van der Waals surface area contributed by atoms with Crippen LogP contribution >= 0.6 is 0 Å². The first kappa shape index (κ1) is 13.6. The summed E-state index contributed by atoms with van der Waals surface area (Å²) in [7, 11) is 0. The van der Waals surface area contributed by atoms with Crippen LogP contribution in [0.1, 0.15) is 37.3 Å². The van der Waals surface area contributed by atoms with Crippen molar-refractivity contribution in [2.24, 2.45) is 17.1 Å². The lowest BCUT2D eigenvalue weighted by Crippen LogP contribution is -2.54. The molecule has 1 aromatic rings. The third-order valence-electron chi connectivity index (χ3n) is 4.96. The van der Waals surface area contributed by atoms with Crippen molar-refractivity contribution in [2.75, 3.05) is 13.1 Å². The highest BCUT2D eigenvalue weighted by Crippen LogP contribution is 2.46. The number of aryl methyl sites for hydroxylation is 1. The first-order valence-corrected chi connectivity index (χ1v) is 7.71. The maximum Gasteiger partial charge on any atom is 0.230 e. The maximum absolute atomic E-state index is 12.9. The zero-order valence-corrected chi connectivity index (χ0v) is 12.3. The predicted molar refractivity (Wildman–Crippen MR) is 80.1 cm³/mol. The minimum Gasteiger partial charge on any atom is -0.338 e. The highest BCUT2D eigenvalue weighted by molar-refractivity contribution is 5.84. The average Bonchev–Trinajstić information content (AvgIpc) is 2.65. The number of carbonyl (C=O) groups is 1. The van der Waals surface area contributed by atoms with Crippen molar-refractivity contribution >= 4 is 5.91 Å². The Morgan fingerprint density at radius 2 is 2.05 bits per heavy atom. The van der Waals surface area contributed by atoms with Crippen molar-refractivity contribution in [1.82, 2.24) is 4.90 Å². The molecule has 0 atom stereocenters. The second kappa shape index (κ2) is 5.21. The Balaban J connectivity index is 1.79. The molecule has 1 aromatic carbocycles. The van der Waals surface area contributed by atoms with Crippen molar-refractivity contribution in [3.8, 4) is 0 Å². The van der Waals surface area contributed by atoms with E-state index in [1.165, 1.54) is 11.1 Å². The van der Waals surface area contributed by atoms with E-state index in [1.807, 2.05) is 4.90 Å². The highest BCUT2D eigenvalue weighted by atomic mass is 16.2. The zero-order valence-electron chi connectivity index (χ0n) is 12.3. The Bertz CT molecular complexity index is 505. The molecule has 1 fully saturated rings. The molecule has 0 unspecified atom stereocenters. The van der Waals surface area contributed by atoms with Crippen molar-refractivity contribution in [3.63, 3.8) is 0 Å². The summed E-state index contributed by atoms with van der Waals surface area (Å²) in [6.45, 7) is 4.32. The topological polar surface area (TPSA) is 46.3 Å². The van der Waals surface area contributed by atoms with E-state index in [-0.39, 0.29) is 11.3 Å². The van der Waals surface area contributed by atoms with Gasteiger partial charge in [0.2, 0.25) is 5.91 Å².